The minimum atomic E-state index is 0.431. The van der Waals surface area contributed by atoms with Crippen molar-refractivity contribution < 1.29 is 1.37 Å². The molecule has 1 aromatic rings. The van der Waals surface area contributed by atoms with Gasteiger partial charge < -0.3 is 0 Å². The molecule has 9 heavy (non-hydrogen) atoms. The molecular formula is C8H7N. The largest absolute Gasteiger partial charge is 0.198 e. The highest BCUT2D eigenvalue weighted by Crippen LogP contribution is 1.96. The summed E-state index contributed by atoms with van der Waals surface area (Å²) in [7, 11) is 0. The van der Waals surface area contributed by atoms with E-state index >= 15 is 0 Å². The molecule has 0 radical (unpaired) electrons. The van der Waals surface area contributed by atoms with Gasteiger partial charge in [-0.1, -0.05) is 30.3 Å². The van der Waals surface area contributed by atoms with E-state index in [-0.39, 0.29) is 0 Å². The van der Waals surface area contributed by atoms with Crippen LogP contribution in [0.25, 0.3) is 0 Å². The van der Waals surface area contributed by atoms with E-state index in [1.165, 1.54) is 0 Å². The third-order valence-corrected chi connectivity index (χ3v) is 1.07. The predicted octanol–water partition coefficient (Wildman–Crippen LogP) is 1.75. The van der Waals surface area contributed by atoms with Gasteiger partial charge in [-0.2, -0.15) is 5.26 Å². The minimum absolute atomic E-state index is 0.431. The van der Waals surface area contributed by atoms with Crippen molar-refractivity contribution in [3.05, 3.63) is 35.9 Å². The van der Waals surface area contributed by atoms with Crippen molar-refractivity contribution in [2.24, 2.45) is 0 Å². The standard InChI is InChI=1S/C8H7N/c9-7-6-8-4-2-1-3-5-8/h1-5H,6H2/i1D. The normalized spacial score (nSPS) is 9.89. The van der Waals surface area contributed by atoms with Crippen LogP contribution in [0.1, 0.15) is 6.93 Å². The number of hydrogen-bond donors (Lipinski definition) is 0. The molecule has 0 bridgehead atoms. The first-order valence-electron chi connectivity index (χ1n) is 3.25. The first kappa shape index (κ1) is 4.58. The molecule has 0 N–H and O–H groups in total. The molecule has 1 heteroatoms. The van der Waals surface area contributed by atoms with Crippen molar-refractivity contribution in [3.8, 4) is 6.07 Å². The van der Waals surface area contributed by atoms with Gasteiger partial charge in [-0.05, 0) is 5.56 Å². The Hall–Kier alpha value is -1.29. The summed E-state index contributed by atoms with van der Waals surface area (Å²) in [6.07, 6.45) is 0.431. The fraction of sp³-hybridized carbons (Fsp3) is 0.125. The van der Waals surface area contributed by atoms with Gasteiger partial charge in [0.15, 0.2) is 0 Å². The second-order valence-corrected chi connectivity index (χ2v) is 1.74. The van der Waals surface area contributed by atoms with E-state index < -0.39 is 0 Å². The molecule has 0 amide bonds. The lowest BCUT2D eigenvalue weighted by Gasteiger charge is -1.88. The molecule has 0 fully saturated rings. The molecule has 0 saturated heterocycles. The molecule has 0 spiro atoms. The van der Waals surface area contributed by atoms with E-state index in [0.29, 0.717) is 12.5 Å². The monoisotopic (exact) mass is 118 g/mol. The molecular weight excluding hydrogens is 110 g/mol. The van der Waals surface area contributed by atoms with Crippen molar-refractivity contribution in [2.75, 3.05) is 0 Å². The van der Waals surface area contributed by atoms with Gasteiger partial charge in [0.05, 0.1) is 13.9 Å². The van der Waals surface area contributed by atoms with Crippen LogP contribution in [0.4, 0.5) is 0 Å². The summed E-state index contributed by atoms with van der Waals surface area (Å²) in [4.78, 5) is 0. The van der Waals surface area contributed by atoms with Crippen LogP contribution in [0.2, 0.25) is 0 Å². The van der Waals surface area contributed by atoms with Gasteiger partial charge in [-0.15, -0.1) is 0 Å². The lowest BCUT2D eigenvalue weighted by Crippen LogP contribution is -1.76. The highest BCUT2D eigenvalue weighted by Gasteiger charge is 1.84. The Balaban J connectivity index is 2.81. The van der Waals surface area contributed by atoms with Crippen LogP contribution in [-0.4, -0.2) is 0 Å². The van der Waals surface area contributed by atoms with Crippen LogP contribution in [0.3, 0.4) is 0 Å². The molecule has 1 nitrogen and oxygen atoms in total. The molecule has 1 rings (SSSR count). The van der Waals surface area contributed by atoms with Crippen LogP contribution in [0.5, 0.6) is 0 Å². The van der Waals surface area contributed by atoms with Gasteiger partial charge in [0, 0.05) is 0 Å². The third-order valence-electron chi connectivity index (χ3n) is 1.07. The maximum Gasteiger partial charge on any atom is 0.0669 e. The maximum absolute atomic E-state index is 8.29. The van der Waals surface area contributed by atoms with Crippen LogP contribution in [-0.2, 0) is 6.42 Å². The number of nitriles is 1. The molecule has 0 heterocycles. The summed E-state index contributed by atoms with van der Waals surface area (Å²) in [6.45, 7) is 0. The Morgan fingerprint density at radius 1 is 1.56 bits per heavy atom. The topological polar surface area (TPSA) is 23.8 Å². The van der Waals surface area contributed by atoms with Gasteiger partial charge in [-0.25, -0.2) is 0 Å². The Morgan fingerprint density at radius 2 is 2.22 bits per heavy atom. The van der Waals surface area contributed by atoms with Gasteiger partial charge >= 0.3 is 0 Å². The van der Waals surface area contributed by atoms with Crippen LogP contribution >= 0.6 is 0 Å². The molecule has 0 aromatic heterocycles. The fourth-order valence-electron chi connectivity index (χ4n) is 0.631. The quantitative estimate of drug-likeness (QED) is 0.551. The summed E-state index contributed by atoms with van der Waals surface area (Å²) in [6, 6.07) is 9.50. The van der Waals surface area contributed by atoms with Gasteiger partial charge in [-0.3, -0.25) is 0 Å². The number of benzene rings is 1. The lowest BCUT2D eigenvalue weighted by atomic mass is 10.2. The highest BCUT2D eigenvalue weighted by atomic mass is 14.2. The van der Waals surface area contributed by atoms with Gasteiger partial charge in [0.2, 0.25) is 0 Å². The van der Waals surface area contributed by atoms with Gasteiger partial charge in [0.1, 0.15) is 0 Å². The van der Waals surface area contributed by atoms with Crippen molar-refractivity contribution in [1.29, 1.82) is 5.26 Å². The number of hydrogen-bond acceptors (Lipinski definition) is 1. The van der Waals surface area contributed by atoms with E-state index in [2.05, 4.69) is 0 Å². The Kier molecular flexibility index (Phi) is 1.47. The van der Waals surface area contributed by atoms with Gasteiger partial charge in [0.25, 0.3) is 0 Å². The van der Waals surface area contributed by atoms with E-state index in [4.69, 9.17) is 6.63 Å². The molecule has 44 valence electrons. The van der Waals surface area contributed by atoms with E-state index in [9.17, 15) is 0 Å². The second-order valence-electron chi connectivity index (χ2n) is 1.74. The molecule has 0 saturated carbocycles. The second kappa shape index (κ2) is 2.88. The summed E-state index contributed by atoms with van der Waals surface area (Å²) in [5.74, 6) is 0. The Labute approximate surface area is 56.0 Å². The van der Waals surface area contributed by atoms with Crippen LogP contribution in [0, 0.1) is 11.3 Å². The predicted molar refractivity (Wildman–Crippen MR) is 35.8 cm³/mol. The summed E-state index contributed by atoms with van der Waals surface area (Å²) < 4.78 is 7.14. The smallest absolute Gasteiger partial charge is 0.0669 e. The summed E-state index contributed by atoms with van der Waals surface area (Å²) >= 11 is 0. The van der Waals surface area contributed by atoms with Crippen LogP contribution in [0.15, 0.2) is 30.3 Å². The van der Waals surface area contributed by atoms with Crippen molar-refractivity contribution >= 4 is 0 Å². The Morgan fingerprint density at radius 3 is 2.78 bits per heavy atom. The number of nitrogens with zero attached hydrogens (tertiary/aromatic N) is 1. The molecule has 0 unspecified atom stereocenters. The van der Waals surface area contributed by atoms with Crippen molar-refractivity contribution in [1.82, 2.24) is 0 Å². The first-order chi connectivity index (χ1) is 4.83. The lowest BCUT2D eigenvalue weighted by molar-refractivity contribution is 1.26. The molecule has 0 atom stereocenters. The third kappa shape index (κ3) is 1.58. The minimum Gasteiger partial charge on any atom is -0.198 e. The first-order valence-corrected chi connectivity index (χ1v) is 2.75. The number of rotatable bonds is 1. The Bertz CT molecular complexity index is 245. The molecule has 0 aliphatic heterocycles. The summed E-state index contributed by atoms with van der Waals surface area (Å²) in [5, 5.41) is 8.29. The maximum atomic E-state index is 8.29. The zero-order valence-electron chi connectivity index (χ0n) is 5.96. The zero-order chi connectivity index (χ0) is 7.40. The van der Waals surface area contributed by atoms with E-state index in [0.717, 1.165) is 5.56 Å². The highest BCUT2D eigenvalue weighted by molar-refractivity contribution is 5.17. The molecule has 0 aliphatic carbocycles. The summed E-state index contributed by atoms with van der Waals surface area (Å²) in [5.41, 5.74) is 0.971. The average Bonchev–Trinajstić information content (AvgIpc) is 1.95. The van der Waals surface area contributed by atoms with E-state index in [1.807, 2.05) is 6.07 Å². The zero-order valence-corrected chi connectivity index (χ0v) is 4.96. The molecule has 0 aliphatic rings. The van der Waals surface area contributed by atoms with E-state index in [1.54, 1.807) is 24.3 Å². The van der Waals surface area contributed by atoms with Crippen molar-refractivity contribution in [2.45, 2.75) is 6.42 Å². The van der Waals surface area contributed by atoms with Crippen molar-refractivity contribution in [3.63, 3.8) is 0 Å². The molecule has 1 aromatic carbocycles. The fourth-order valence-corrected chi connectivity index (χ4v) is 0.631. The average molecular weight is 118 g/mol. The SMILES string of the molecule is [2H]c1ccc(CC#N)cc1. The van der Waals surface area contributed by atoms with Crippen LogP contribution < -0.4 is 0 Å².